The molecular formula is C14H17NO3S. The molecule has 1 heterocycles. The van der Waals surface area contributed by atoms with Gasteiger partial charge in [0.25, 0.3) is 0 Å². The van der Waals surface area contributed by atoms with E-state index in [1.807, 2.05) is 13.0 Å². The number of hydrogen-bond acceptors (Lipinski definition) is 3. The molecule has 0 aliphatic carbocycles. The highest BCUT2D eigenvalue weighted by Crippen LogP contribution is 2.26. The van der Waals surface area contributed by atoms with E-state index in [9.17, 15) is 9.59 Å². The van der Waals surface area contributed by atoms with Gasteiger partial charge in [0.2, 0.25) is 5.91 Å². The van der Waals surface area contributed by atoms with Crippen molar-refractivity contribution >= 4 is 29.3 Å². The van der Waals surface area contributed by atoms with E-state index in [1.54, 1.807) is 18.7 Å². The Kier molecular flexibility index (Phi) is 4.14. The van der Waals surface area contributed by atoms with E-state index in [4.69, 9.17) is 5.11 Å². The van der Waals surface area contributed by atoms with Gasteiger partial charge in [-0.1, -0.05) is 0 Å². The summed E-state index contributed by atoms with van der Waals surface area (Å²) in [5, 5.41) is 12.0. The Labute approximate surface area is 116 Å². The molecule has 1 aliphatic rings. The van der Waals surface area contributed by atoms with Crippen LogP contribution in [0.4, 0.5) is 5.69 Å². The number of amides is 1. The summed E-state index contributed by atoms with van der Waals surface area (Å²) < 4.78 is 0. The fourth-order valence-corrected chi connectivity index (χ4v) is 3.36. The fraction of sp³-hybridized carbons (Fsp3) is 0.429. The minimum atomic E-state index is -0.965. The molecule has 102 valence electrons. The van der Waals surface area contributed by atoms with Crippen molar-refractivity contribution in [3.63, 3.8) is 0 Å². The van der Waals surface area contributed by atoms with E-state index in [1.165, 1.54) is 6.07 Å². The SMILES string of the molecule is Cc1cc(NC(=O)C2CCSC2)cc(C(=O)O)c1C. The van der Waals surface area contributed by atoms with E-state index < -0.39 is 5.97 Å². The first-order chi connectivity index (χ1) is 8.99. The summed E-state index contributed by atoms with van der Waals surface area (Å²) in [7, 11) is 0. The molecule has 19 heavy (non-hydrogen) atoms. The zero-order valence-corrected chi connectivity index (χ0v) is 11.8. The minimum absolute atomic E-state index is 0.00964. The molecule has 2 N–H and O–H groups in total. The Morgan fingerprint density at radius 1 is 1.37 bits per heavy atom. The summed E-state index contributed by atoms with van der Waals surface area (Å²) in [6, 6.07) is 3.35. The predicted molar refractivity (Wildman–Crippen MR) is 76.9 cm³/mol. The van der Waals surface area contributed by atoms with Gasteiger partial charge in [0.1, 0.15) is 0 Å². The number of hydrogen-bond donors (Lipinski definition) is 2. The molecule has 5 heteroatoms. The van der Waals surface area contributed by atoms with Crippen molar-refractivity contribution in [1.82, 2.24) is 0 Å². The third-order valence-corrected chi connectivity index (χ3v) is 4.63. The van der Waals surface area contributed by atoms with Crippen LogP contribution in [-0.2, 0) is 4.79 Å². The molecule has 0 spiro atoms. The van der Waals surface area contributed by atoms with Gasteiger partial charge in [-0.2, -0.15) is 11.8 Å². The second-order valence-electron chi connectivity index (χ2n) is 4.82. The highest BCUT2D eigenvalue weighted by molar-refractivity contribution is 7.99. The third kappa shape index (κ3) is 3.10. The van der Waals surface area contributed by atoms with Crippen molar-refractivity contribution in [2.24, 2.45) is 5.92 Å². The van der Waals surface area contributed by atoms with Crippen molar-refractivity contribution in [3.8, 4) is 0 Å². The van der Waals surface area contributed by atoms with Crippen LogP contribution in [0.5, 0.6) is 0 Å². The van der Waals surface area contributed by atoms with Crippen LogP contribution in [0.15, 0.2) is 12.1 Å². The largest absolute Gasteiger partial charge is 0.478 e. The van der Waals surface area contributed by atoms with Crippen LogP contribution in [-0.4, -0.2) is 28.5 Å². The maximum Gasteiger partial charge on any atom is 0.336 e. The Morgan fingerprint density at radius 2 is 2.11 bits per heavy atom. The fourth-order valence-electron chi connectivity index (χ4n) is 2.14. The lowest BCUT2D eigenvalue weighted by molar-refractivity contribution is -0.119. The smallest absolute Gasteiger partial charge is 0.336 e. The second kappa shape index (κ2) is 5.65. The lowest BCUT2D eigenvalue weighted by Crippen LogP contribution is -2.22. The Morgan fingerprint density at radius 3 is 2.68 bits per heavy atom. The number of carboxylic acid groups (broad SMARTS) is 1. The van der Waals surface area contributed by atoms with Gasteiger partial charge in [-0.15, -0.1) is 0 Å². The van der Waals surface area contributed by atoms with Gasteiger partial charge < -0.3 is 10.4 Å². The van der Waals surface area contributed by atoms with Crippen molar-refractivity contribution in [2.75, 3.05) is 16.8 Å². The molecule has 4 nitrogen and oxygen atoms in total. The quantitative estimate of drug-likeness (QED) is 0.892. The predicted octanol–water partition coefficient (Wildman–Crippen LogP) is 2.69. The lowest BCUT2D eigenvalue weighted by Gasteiger charge is -2.13. The van der Waals surface area contributed by atoms with Gasteiger partial charge in [0.05, 0.1) is 5.56 Å². The number of carboxylic acids is 1. The summed E-state index contributed by atoms with van der Waals surface area (Å²) >= 11 is 1.78. The molecule has 1 unspecified atom stereocenters. The van der Waals surface area contributed by atoms with Crippen LogP contribution >= 0.6 is 11.8 Å². The van der Waals surface area contributed by atoms with E-state index in [0.29, 0.717) is 5.69 Å². The molecule has 1 atom stereocenters. The van der Waals surface area contributed by atoms with E-state index in [-0.39, 0.29) is 17.4 Å². The molecule has 1 aromatic carbocycles. The van der Waals surface area contributed by atoms with Crippen LogP contribution in [0, 0.1) is 19.8 Å². The van der Waals surface area contributed by atoms with Gasteiger partial charge in [-0.05, 0) is 49.3 Å². The highest BCUT2D eigenvalue weighted by atomic mass is 32.2. The summed E-state index contributed by atoms with van der Waals surface area (Å²) in [5.74, 6) is 0.936. The van der Waals surface area contributed by atoms with Gasteiger partial charge >= 0.3 is 5.97 Å². The number of aryl methyl sites for hydroxylation is 1. The summed E-state index contributed by atoms with van der Waals surface area (Å²) in [6.07, 6.45) is 0.896. The second-order valence-corrected chi connectivity index (χ2v) is 5.97. The number of rotatable bonds is 3. The average Bonchev–Trinajstić information content (AvgIpc) is 2.86. The zero-order chi connectivity index (χ0) is 14.0. The van der Waals surface area contributed by atoms with Crippen LogP contribution < -0.4 is 5.32 Å². The molecule has 2 rings (SSSR count). The third-order valence-electron chi connectivity index (χ3n) is 3.47. The summed E-state index contributed by atoms with van der Waals surface area (Å²) in [6.45, 7) is 3.63. The first-order valence-electron chi connectivity index (χ1n) is 6.22. The minimum Gasteiger partial charge on any atom is -0.478 e. The number of carbonyl (C=O) groups is 2. The highest BCUT2D eigenvalue weighted by Gasteiger charge is 2.23. The maximum atomic E-state index is 12.0. The van der Waals surface area contributed by atoms with E-state index in [2.05, 4.69) is 5.32 Å². The van der Waals surface area contributed by atoms with Gasteiger partial charge in [0, 0.05) is 17.4 Å². The first kappa shape index (κ1) is 13.9. The Balaban J connectivity index is 2.20. The molecule has 1 fully saturated rings. The molecule has 0 saturated carbocycles. The van der Waals surface area contributed by atoms with Crippen molar-refractivity contribution in [3.05, 3.63) is 28.8 Å². The maximum absolute atomic E-state index is 12.0. The monoisotopic (exact) mass is 279 g/mol. The van der Waals surface area contributed by atoms with Crippen molar-refractivity contribution in [1.29, 1.82) is 0 Å². The number of anilines is 1. The van der Waals surface area contributed by atoms with Crippen LogP contribution in [0.2, 0.25) is 0 Å². The lowest BCUT2D eigenvalue weighted by atomic mass is 10.0. The Hall–Kier alpha value is -1.49. The van der Waals surface area contributed by atoms with E-state index in [0.717, 1.165) is 29.1 Å². The molecule has 0 radical (unpaired) electrons. The molecule has 1 saturated heterocycles. The topological polar surface area (TPSA) is 66.4 Å². The molecule has 0 aromatic heterocycles. The van der Waals surface area contributed by atoms with E-state index >= 15 is 0 Å². The summed E-state index contributed by atoms with van der Waals surface area (Å²) in [4.78, 5) is 23.2. The number of carbonyl (C=O) groups excluding carboxylic acids is 1. The standard InChI is InChI=1S/C14H17NO3S/c1-8-5-11(6-12(9(8)2)14(17)18)15-13(16)10-3-4-19-7-10/h5-6,10H,3-4,7H2,1-2H3,(H,15,16)(H,17,18). The molecule has 1 aromatic rings. The normalized spacial score (nSPS) is 18.3. The average molecular weight is 279 g/mol. The zero-order valence-electron chi connectivity index (χ0n) is 11.0. The molecule has 1 amide bonds. The number of aromatic carboxylic acids is 1. The molecule has 1 aliphatic heterocycles. The molecular weight excluding hydrogens is 262 g/mol. The van der Waals surface area contributed by atoms with Crippen molar-refractivity contribution < 1.29 is 14.7 Å². The first-order valence-corrected chi connectivity index (χ1v) is 7.37. The summed E-state index contributed by atoms with van der Waals surface area (Å²) in [5.41, 5.74) is 2.43. The van der Waals surface area contributed by atoms with Crippen LogP contribution in [0.1, 0.15) is 27.9 Å². The number of nitrogens with one attached hydrogen (secondary N) is 1. The molecule has 0 bridgehead atoms. The van der Waals surface area contributed by atoms with Gasteiger partial charge in [0.15, 0.2) is 0 Å². The van der Waals surface area contributed by atoms with Crippen LogP contribution in [0.25, 0.3) is 0 Å². The Bertz CT molecular complexity index is 522. The van der Waals surface area contributed by atoms with Gasteiger partial charge in [-0.25, -0.2) is 4.79 Å². The number of thioether (sulfide) groups is 1. The van der Waals surface area contributed by atoms with Crippen LogP contribution in [0.3, 0.4) is 0 Å². The van der Waals surface area contributed by atoms with Crippen molar-refractivity contribution in [2.45, 2.75) is 20.3 Å². The van der Waals surface area contributed by atoms with Gasteiger partial charge in [-0.3, -0.25) is 4.79 Å². The number of benzene rings is 1.